The van der Waals surface area contributed by atoms with Crippen LogP contribution >= 0.6 is 0 Å². The summed E-state index contributed by atoms with van der Waals surface area (Å²) in [5.74, 6) is 0.284. The van der Waals surface area contributed by atoms with E-state index in [9.17, 15) is 9.59 Å². The van der Waals surface area contributed by atoms with Crippen molar-refractivity contribution in [3.63, 3.8) is 0 Å². The van der Waals surface area contributed by atoms with E-state index in [1.165, 1.54) is 6.92 Å². The zero-order valence-corrected chi connectivity index (χ0v) is 13.8. The van der Waals surface area contributed by atoms with Gasteiger partial charge < -0.3 is 10.6 Å². The highest BCUT2D eigenvalue weighted by molar-refractivity contribution is 5.95. The Bertz CT molecular complexity index is 728. The maximum absolute atomic E-state index is 12.3. The van der Waals surface area contributed by atoms with E-state index < -0.39 is 0 Å². The number of nitrogens with zero attached hydrogens (tertiary/aromatic N) is 1. The molecule has 0 saturated heterocycles. The van der Waals surface area contributed by atoms with Crippen molar-refractivity contribution in [2.24, 2.45) is 5.92 Å². The summed E-state index contributed by atoms with van der Waals surface area (Å²) in [6, 6.07) is 11.4. The van der Waals surface area contributed by atoms with Crippen LogP contribution in [0.4, 0.5) is 5.69 Å². The Balaban J connectivity index is 1.57. The van der Waals surface area contributed by atoms with Gasteiger partial charge in [0.1, 0.15) is 0 Å². The van der Waals surface area contributed by atoms with Crippen molar-refractivity contribution in [2.45, 2.75) is 32.2 Å². The summed E-state index contributed by atoms with van der Waals surface area (Å²) in [6.07, 6.45) is 4.44. The van der Waals surface area contributed by atoms with E-state index in [-0.39, 0.29) is 29.7 Å². The molecule has 1 aliphatic rings. The zero-order chi connectivity index (χ0) is 17.1. The summed E-state index contributed by atoms with van der Waals surface area (Å²) >= 11 is 0. The van der Waals surface area contributed by atoms with Crippen LogP contribution in [0.2, 0.25) is 0 Å². The Morgan fingerprint density at radius 3 is 2.58 bits per heavy atom. The standard InChI is InChI=1S/C19H21N3O2/c1-12(21-13(2)23)14-5-7-16(8-6-14)22-19(24)18-10-17(18)15-4-3-9-20-11-15/h3-9,11-12,17-18H,10H2,1-2H3,(H,21,23)(H,22,24)/t12-,17+,18-/m0/s1. The molecule has 3 atom stereocenters. The highest BCUT2D eigenvalue weighted by atomic mass is 16.2. The molecule has 0 spiro atoms. The van der Waals surface area contributed by atoms with Crippen molar-refractivity contribution in [1.29, 1.82) is 0 Å². The topological polar surface area (TPSA) is 71.1 Å². The van der Waals surface area contributed by atoms with Gasteiger partial charge in [0.05, 0.1) is 6.04 Å². The molecule has 5 heteroatoms. The highest BCUT2D eigenvalue weighted by Crippen LogP contribution is 2.47. The first-order chi connectivity index (χ1) is 11.5. The van der Waals surface area contributed by atoms with E-state index in [0.717, 1.165) is 23.2 Å². The maximum Gasteiger partial charge on any atom is 0.228 e. The van der Waals surface area contributed by atoms with Gasteiger partial charge in [0.2, 0.25) is 11.8 Å². The summed E-state index contributed by atoms with van der Waals surface area (Å²) in [7, 11) is 0. The van der Waals surface area contributed by atoms with Crippen molar-refractivity contribution >= 4 is 17.5 Å². The van der Waals surface area contributed by atoms with Crippen LogP contribution in [0.1, 0.15) is 43.4 Å². The van der Waals surface area contributed by atoms with Crippen LogP contribution in [0.25, 0.3) is 0 Å². The monoisotopic (exact) mass is 323 g/mol. The van der Waals surface area contributed by atoms with Crippen LogP contribution in [0.3, 0.4) is 0 Å². The molecular weight excluding hydrogens is 302 g/mol. The summed E-state index contributed by atoms with van der Waals surface area (Å²) in [6.45, 7) is 3.43. The van der Waals surface area contributed by atoms with Gasteiger partial charge in [0.15, 0.2) is 0 Å². The largest absolute Gasteiger partial charge is 0.350 e. The number of hydrogen-bond acceptors (Lipinski definition) is 3. The molecule has 3 rings (SSSR count). The predicted molar refractivity (Wildman–Crippen MR) is 92.4 cm³/mol. The minimum absolute atomic E-state index is 0.0205. The van der Waals surface area contributed by atoms with Crippen LogP contribution in [0, 0.1) is 5.92 Å². The average Bonchev–Trinajstić information content (AvgIpc) is 3.36. The Morgan fingerprint density at radius 2 is 1.96 bits per heavy atom. The number of amides is 2. The van der Waals surface area contributed by atoms with E-state index in [1.807, 2.05) is 49.5 Å². The normalized spacial score (nSPS) is 20.1. The smallest absolute Gasteiger partial charge is 0.228 e. The Hall–Kier alpha value is -2.69. The van der Waals surface area contributed by atoms with Crippen molar-refractivity contribution in [1.82, 2.24) is 10.3 Å². The Morgan fingerprint density at radius 1 is 1.21 bits per heavy atom. The van der Waals surface area contributed by atoms with Crippen LogP contribution < -0.4 is 10.6 Å². The lowest BCUT2D eigenvalue weighted by Gasteiger charge is -2.13. The Kier molecular flexibility index (Phi) is 4.60. The molecule has 1 fully saturated rings. The number of rotatable bonds is 5. The molecule has 124 valence electrons. The number of hydrogen-bond donors (Lipinski definition) is 2. The molecular formula is C19H21N3O2. The lowest BCUT2D eigenvalue weighted by atomic mass is 10.1. The number of carbonyl (C=O) groups excluding carboxylic acids is 2. The van der Waals surface area contributed by atoms with Crippen LogP contribution in [-0.4, -0.2) is 16.8 Å². The van der Waals surface area contributed by atoms with Gasteiger partial charge >= 0.3 is 0 Å². The minimum Gasteiger partial charge on any atom is -0.350 e. The molecule has 2 N–H and O–H groups in total. The van der Waals surface area contributed by atoms with Crippen molar-refractivity contribution in [3.8, 4) is 0 Å². The second-order valence-corrected chi connectivity index (χ2v) is 6.27. The summed E-state index contributed by atoms with van der Waals surface area (Å²) in [4.78, 5) is 27.5. The van der Waals surface area contributed by atoms with Crippen molar-refractivity contribution in [2.75, 3.05) is 5.32 Å². The first-order valence-corrected chi connectivity index (χ1v) is 8.12. The molecule has 0 unspecified atom stereocenters. The third-order valence-corrected chi connectivity index (χ3v) is 4.34. The van der Waals surface area contributed by atoms with Gasteiger partial charge in [-0.05, 0) is 48.6 Å². The van der Waals surface area contributed by atoms with Gasteiger partial charge in [0.25, 0.3) is 0 Å². The van der Waals surface area contributed by atoms with Gasteiger partial charge in [0, 0.05) is 30.9 Å². The molecule has 0 radical (unpaired) electrons. The number of benzene rings is 1. The first-order valence-electron chi connectivity index (χ1n) is 8.12. The van der Waals surface area contributed by atoms with Gasteiger partial charge in [-0.15, -0.1) is 0 Å². The molecule has 5 nitrogen and oxygen atoms in total. The lowest BCUT2D eigenvalue weighted by molar-refractivity contribution is -0.119. The van der Waals surface area contributed by atoms with Gasteiger partial charge in [-0.1, -0.05) is 18.2 Å². The Labute approximate surface area is 141 Å². The number of pyridine rings is 1. The summed E-state index contributed by atoms with van der Waals surface area (Å²) in [5.41, 5.74) is 2.90. The number of nitrogens with one attached hydrogen (secondary N) is 2. The van der Waals surface area contributed by atoms with Crippen molar-refractivity contribution in [3.05, 3.63) is 59.9 Å². The minimum atomic E-state index is -0.0601. The van der Waals surface area contributed by atoms with Gasteiger partial charge in [-0.25, -0.2) is 0 Å². The zero-order valence-electron chi connectivity index (χ0n) is 13.8. The first kappa shape index (κ1) is 16.2. The second kappa shape index (κ2) is 6.83. The molecule has 24 heavy (non-hydrogen) atoms. The molecule has 0 aliphatic heterocycles. The van der Waals surface area contributed by atoms with Crippen LogP contribution in [0.5, 0.6) is 0 Å². The van der Waals surface area contributed by atoms with Gasteiger partial charge in [-0.2, -0.15) is 0 Å². The molecule has 2 amide bonds. The number of anilines is 1. The number of aromatic nitrogens is 1. The number of carbonyl (C=O) groups is 2. The molecule has 1 aliphatic carbocycles. The fourth-order valence-corrected chi connectivity index (χ4v) is 2.93. The molecule has 1 aromatic heterocycles. The fraction of sp³-hybridized carbons (Fsp3) is 0.316. The molecule has 1 aromatic carbocycles. The predicted octanol–water partition coefficient (Wildman–Crippen LogP) is 3.02. The third kappa shape index (κ3) is 3.79. The molecule has 1 heterocycles. The maximum atomic E-state index is 12.3. The summed E-state index contributed by atoms with van der Waals surface area (Å²) < 4.78 is 0. The second-order valence-electron chi connectivity index (χ2n) is 6.27. The molecule has 0 bridgehead atoms. The van der Waals surface area contributed by atoms with Gasteiger partial charge in [-0.3, -0.25) is 14.6 Å². The van der Waals surface area contributed by atoms with E-state index in [0.29, 0.717) is 0 Å². The highest BCUT2D eigenvalue weighted by Gasteiger charge is 2.44. The summed E-state index contributed by atoms with van der Waals surface area (Å²) in [5, 5.41) is 5.80. The SMILES string of the molecule is CC(=O)N[C@@H](C)c1ccc(NC(=O)[C@H]2C[C@@H]2c2cccnc2)cc1. The fourth-order valence-electron chi connectivity index (χ4n) is 2.93. The van der Waals surface area contributed by atoms with E-state index in [4.69, 9.17) is 0 Å². The quantitative estimate of drug-likeness (QED) is 0.888. The van der Waals surface area contributed by atoms with E-state index in [1.54, 1.807) is 6.20 Å². The van der Waals surface area contributed by atoms with E-state index >= 15 is 0 Å². The average molecular weight is 323 g/mol. The van der Waals surface area contributed by atoms with E-state index in [2.05, 4.69) is 15.6 Å². The van der Waals surface area contributed by atoms with Crippen LogP contribution in [-0.2, 0) is 9.59 Å². The van der Waals surface area contributed by atoms with Crippen molar-refractivity contribution < 1.29 is 9.59 Å². The molecule has 2 aromatic rings. The van der Waals surface area contributed by atoms with Crippen LogP contribution in [0.15, 0.2) is 48.8 Å². The third-order valence-electron chi connectivity index (χ3n) is 4.34. The molecule has 1 saturated carbocycles. The lowest BCUT2D eigenvalue weighted by Crippen LogP contribution is -2.23.